The molecule has 0 fully saturated rings. The number of amides is 1. The number of halogens is 1. The van der Waals surface area contributed by atoms with Gasteiger partial charge in [0.15, 0.2) is 0 Å². The summed E-state index contributed by atoms with van der Waals surface area (Å²) in [6.07, 6.45) is -0.156. The first-order valence-electron chi connectivity index (χ1n) is 5.88. The lowest BCUT2D eigenvalue weighted by atomic mass is 10.0. The van der Waals surface area contributed by atoms with Crippen molar-refractivity contribution in [2.24, 2.45) is 11.5 Å². The molecule has 1 aromatic rings. The van der Waals surface area contributed by atoms with Gasteiger partial charge in [0.1, 0.15) is 5.82 Å². The van der Waals surface area contributed by atoms with Crippen molar-refractivity contribution in [3.8, 4) is 0 Å². The van der Waals surface area contributed by atoms with Crippen LogP contribution in [0.25, 0.3) is 0 Å². The fourth-order valence-corrected chi connectivity index (χ4v) is 3.23. The van der Waals surface area contributed by atoms with Crippen LogP contribution in [0.2, 0.25) is 0 Å². The predicted octanol–water partition coefficient (Wildman–Crippen LogP) is 0.217. The van der Waals surface area contributed by atoms with E-state index in [9.17, 15) is 17.6 Å². The third-order valence-electron chi connectivity index (χ3n) is 2.57. The zero-order valence-corrected chi connectivity index (χ0v) is 12.1. The summed E-state index contributed by atoms with van der Waals surface area (Å²) >= 11 is 0. The molecule has 8 heteroatoms. The highest BCUT2D eigenvalue weighted by atomic mass is 32.2. The van der Waals surface area contributed by atoms with Crippen LogP contribution in [0, 0.1) is 5.82 Å². The topological polar surface area (TPSA) is 115 Å². The molecule has 1 amide bonds. The maximum absolute atomic E-state index is 13.3. The Morgan fingerprint density at radius 1 is 1.40 bits per heavy atom. The Balaban J connectivity index is 3.08. The zero-order valence-electron chi connectivity index (χ0n) is 11.3. The fourth-order valence-electron chi connectivity index (χ4n) is 1.77. The minimum atomic E-state index is -3.89. The molecule has 0 bridgehead atoms. The molecule has 0 spiro atoms. The average molecular weight is 303 g/mol. The first-order valence-corrected chi connectivity index (χ1v) is 7.36. The smallest absolute Gasteiger partial charge is 0.241 e. The van der Waals surface area contributed by atoms with E-state index in [0.717, 1.165) is 18.2 Å². The molecule has 0 aliphatic carbocycles. The van der Waals surface area contributed by atoms with Crippen molar-refractivity contribution in [3.63, 3.8) is 0 Å². The van der Waals surface area contributed by atoms with Gasteiger partial charge >= 0.3 is 0 Å². The van der Waals surface area contributed by atoms with Gasteiger partial charge in [-0.25, -0.2) is 17.5 Å². The Labute approximate surface area is 117 Å². The third-order valence-corrected chi connectivity index (χ3v) is 4.27. The van der Waals surface area contributed by atoms with Crippen molar-refractivity contribution >= 4 is 15.9 Å². The molecule has 0 aliphatic rings. The van der Waals surface area contributed by atoms with Crippen molar-refractivity contribution in [2.75, 3.05) is 0 Å². The molecule has 1 rings (SSSR count). The molecule has 112 valence electrons. The third kappa shape index (κ3) is 4.26. The molecule has 0 atom stereocenters. The predicted molar refractivity (Wildman–Crippen MR) is 72.5 cm³/mol. The minimum absolute atomic E-state index is 0.0978. The SMILES string of the molecule is CC(C)(CC(N)=O)NS(=O)(=O)c1ccc(F)c(CN)c1. The van der Waals surface area contributed by atoms with Gasteiger partial charge in [0.25, 0.3) is 0 Å². The highest BCUT2D eigenvalue weighted by Gasteiger charge is 2.28. The molecule has 0 saturated heterocycles. The largest absolute Gasteiger partial charge is 0.370 e. The molecule has 20 heavy (non-hydrogen) atoms. The monoisotopic (exact) mass is 303 g/mol. The number of sulfonamides is 1. The molecule has 1 aromatic carbocycles. The number of hydrogen-bond acceptors (Lipinski definition) is 4. The number of carbonyl (C=O) groups excluding carboxylic acids is 1. The zero-order chi connectivity index (χ0) is 15.6. The Kier molecular flexibility index (Phi) is 4.85. The molecule has 6 nitrogen and oxygen atoms in total. The fraction of sp³-hybridized carbons (Fsp3) is 0.417. The van der Waals surface area contributed by atoms with E-state index >= 15 is 0 Å². The Morgan fingerprint density at radius 2 is 2.00 bits per heavy atom. The van der Waals surface area contributed by atoms with E-state index < -0.39 is 27.3 Å². The maximum Gasteiger partial charge on any atom is 0.241 e. The molecule has 0 aromatic heterocycles. The summed E-state index contributed by atoms with van der Waals surface area (Å²) in [7, 11) is -3.89. The standard InChI is InChI=1S/C12H18FN3O3S/c1-12(2,6-11(15)17)16-20(18,19)9-3-4-10(13)8(5-9)7-14/h3-5,16H,6-7,14H2,1-2H3,(H2,15,17). The molecule has 0 aliphatic heterocycles. The summed E-state index contributed by atoms with van der Waals surface area (Å²) in [5.74, 6) is -1.19. The molecule has 0 unspecified atom stereocenters. The summed E-state index contributed by atoms with van der Waals surface area (Å²) in [6.45, 7) is 2.95. The van der Waals surface area contributed by atoms with Crippen LogP contribution in [0.3, 0.4) is 0 Å². The highest BCUT2D eigenvalue weighted by Crippen LogP contribution is 2.18. The lowest BCUT2D eigenvalue weighted by Crippen LogP contribution is -2.45. The summed E-state index contributed by atoms with van der Waals surface area (Å²) in [6, 6.07) is 3.34. The van der Waals surface area contributed by atoms with Gasteiger partial charge in [0.05, 0.1) is 4.90 Å². The van der Waals surface area contributed by atoms with E-state index in [1.807, 2.05) is 0 Å². The molecule has 0 saturated carbocycles. The molecular formula is C12H18FN3O3S. The first kappa shape index (κ1) is 16.5. The van der Waals surface area contributed by atoms with E-state index in [2.05, 4.69) is 4.72 Å². The van der Waals surface area contributed by atoms with Gasteiger partial charge < -0.3 is 11.5 Å². The lowest BCUT2D eigenvalue weighted by molar-refractivity contribution is -0.119. The van der Waals surface area contributed by atoms with Crippen LogP contribution >= 0.6 is 0 Å². The number of nitrogens with one attached hydrogen (secondary N) is 1. The van der Waals surface area contributed by atoms with Crippen LogP contribution in [-0.4, -0.2) is 19.9 Å². The van der Waals surface area contributed by atoms with Crippen LogP contribution in [-0.2, 0) is 21.4 Å². The van der Waals surface area contributed by atoms with Crippen molar-refractivity contribution in [1.82, 2.24) is 4.72 Å². The summed E-state index contributed by atoms with van der Waals surface area (Å²) in [4.78, 5) is 10.8. The van der Waals surface area contributed by atoms with Gasteiger partial charge in [-0.2, -0.15) is 0 Å². The molecular weight excluding hydrogens is 285 g/mol. The second kappa shape index (κ2) is 5.86. The number of nitrogens with two attached hydrogens (primary N) is 2. The Bertz CT molecular complexity index is 614. The van der Waals surface area contributed by atoms with Gasteiger partial charge in [-0.05, 0) is 32.0 Å². The molecule has 0 radical (unpaired) electrons. The number of hydrogen-bond donors (Lipinski definition) is 3. The second-order valence-electron chi connectivity index (χ2n) is 5.09. The van der Waals surface area contributed by atoms with Gasteiger partial charge in [-0.15, -0.1) is 0 Å². The Morgan fingerprint density at radius 3 is 2.50 bits per heavy atom. The van der Waals surface area contributed by atoms with E-state index in [1.54, 1.807) is 0 Å². The van der Waals surface area contributed by atoms with E-state index in [1.165, 1.54) is 13.8 Å². The summed E-state index contributed by atoms with van der Waals surface area (Å²) in [5, 5.41) is 0. The molecule has 5 N–H and O–H groups in total. The Hall–Kier alpha value is -1.51. The quantitative estimate of drug-likeness (QED) is 0.697. The molecule has 0 heterocycles. The van der Waals surface area contributed by atoms with E-state index in [4.69, 9.17) is 11.5 Å². The van der Waals surface area contributed by atoms with Crippen molar-refractivity contribution in [2.45, 2.75) is 37.2 Å². The number of primary amides is 1. The van der Waals surface area contributed by atoms with E-state index in [-0.39, 0.29) is 23.4 Å². The maximum atomic E-state index is 13.3. The van der Waals surface area contributed by atoms with Crippen LogP contribution < -0.4 is 16.2 Å². The van der Waals surface area contributed by atoms with Gasteiger partial charge in [0.2, 0.25) is 15.9 Å². The van der Waals surface area contributed by atoms with Crippen LogP contribution in [0.4, 0.5) is 4.39 Å². The lowest BCUT2D eigenvalue weighted by Gasteiger charge is -2.24. The van der Waals surface area contributed by atoms with Crippen molar-refractivity contribution in [3.05, 3.63) is 29.6 Å². The van der Waals surface area contributed by atoms with Crippen LogP contribution in [0.15, 0.2) is 23.1 Å². The normalized spacial score (nSPS) is 12.4. The van der Waals surface area contributed by atoms with Crippen LogP contribution in [0.1, 0.15) is 25.8 Å². The van der Waals surface area contributed by atoms with Gasteiger partial charge in [0, 0.05) is 24.1 Å². The average Bonchev–Trinajstić information content (AvgIpc) is 2.25. The number of benzene rings is 1. The summed E-state index contributed by atoms with van der Waals surface area (Å²) in [5.41, 5.74) is 9.46. The second-order valence-corrected chi connectivity index (χ2v) is 6.77. The highest BCUT2D eigenvalue weighted by molar-refractivity contribution is 7.89. The number of carbonyl (C=O) groups is 1. The van der Waals surface area contributed by atoms with Gasteiger partial charge in [-0.1, -0.05) is 0 Å². The number of rotatable bonds is 6. The van der Waals surface area contributed by atoms with Crippen molar-refractivity contribution < 1.29 is 17.6 Å². The minimum Gasteiger partial charge on any atom is -0.370 e. The van der Waals surface area contributed by atoms with Crippen molar-refractivity contribution in [1.29, 1.82) is 0 Å². The van der Waals surface area contributed by atoms with Crippen LogP contribution in [0.5, 0.6) is 0 Å². The van der Waals surface area contributed by atoms with E-state index in [0.29, 0.717) is 0 Å². The first-order chi connectivity index (χ1) is 9.07. The summed E-state index contributed by atoms with van der Waals surface area (Å²) < 4.78 is 40.0. The van der Waals surface area contributed by atoms with Gasteiger partial charge in [-0.3, -0.25) is 4.79 Å².